The van der Waals surface area contributed by atoms with Gasteiger partial charge in [-0.05, 0) is 24.3 Å². The number of nitrogens with zero attached hydrogens (tertiary/aromatic N) is 2. The molecule has 116 valence electrons. The van der Waals surface area contributed by atoms with Crippen molar-refractivity contribution in [3.63, 3.8) is 0 Å². The molecule has 3 aromatic rings. The first-order valence-corrected chi connectivity index (χ1v) is 7.12. The van der Waals surface area contributed by atoms with E-state index in [1.807, 2.05) is 0 Å². The fourth-order valence-electron chi connectivity index (χ4n) is 2.09. The predicted octanol–water partition coefficient (Wildman–Crippen LogP) is 3.45. The normalized spacial score (nSPS) is 10.5. The first-order chi connectivity index (χ1) is 11.2. The number of hydrogen-bond donors (Lipinski definition) is 1. The first-order valence-electron chi connectivity index (χ1n) is 7.12. The molecule has 2 aromatic heterocycles. The number of halogens is 1. The van der Waals surface area contributed by atoms with Gasteiger partial charge in [-0.1, -0.05) is 12.1 Å². The number of oxazole rings is 1. The van der Waals surface area contributed by atoms with Crippen LogP contribution in [0.5, 0.6) is 0 Å². The van der Waals surface area contributed by atoms with E-state index in [0.29, 0.717) is 29.3 Å². The number of hydrogen-bond acceptors (Lipinski definition) is 4. The van der Waals surface area contributed by atoms with E-state index >= 15 is 0 Å². The number of pyridine rings is 1. The van der Waals surface area contributed by atoms with Crippen LogP contribution in [0.1, 0.15) is 12.3 Å². The lowest BCUT2D eigenvalue weighted by atomic mass is 10.2. The van der Waals surface area contributed by atoms with Gasteiger partial charge in [0.05, 0.1) is 11.8 Å². The van der Waals surface area contributed by atoms with Gasteiger partial charge in [-0.15, -0.1) is 0 Å². The van der Waals surface area contributed by atoms with Gasteiger partial charge in [-0.2, -0.15) is 0 Å². The highest BCUT2D eigenvalue weighted by Crippen LogP contribution is 2.23. The number of aryl methyl sites for hydroxylation is 1. The Labute approximate surface area is 132 Å². The van der Waals surface area contributed by atoms with Crippen molar-refractivity contribution in [2.75, 3.05) is 5.32 Å². The Kier molecular flexibility index (Phi) is 4.42. The fourth-order valence-corrected chi connectivity index (χ4v) is 2.09. The van der Waals surface area contributed by atoms with Crippen molar-refractivity contribution < 1.29 is 13.6 Å². The fraction of sp³-hybridized carbons (Fsp3) is 0.118. The second-order valence-corrected chi connectivity index (χ2v) is 4.88. The van der Waals surface area contributed by atoms with Crippen molar-refractivity contribution in [1.82, 2.24) is 9.97 Å². The summed E-state index contributed by atoms with van der Waals surface area (Å²) in [6.45, 7) is 0. The summed E-state index contributed by atoms with van der Waals surface area (Å²) >= 11 is 0. The molecule has 0 spiro atoms. The van der Waals surface area contributed by atoms with Crippen LogP contribution in [0.4, 0.5) is 10.1 Å². The molecule has 2 heterocycles. The highest BCUT2D eigenvalue weighted by molar-refractivity contribution is 5.90. The summed E-state index contributed by atoms with van der Waals surface area (Å²) in [4.78, 5) is 19.8. The molecule has 6 heteroatoms. The Morgan fingerprint density at radius 3 is 2.74 bits per heavy atom. The van der Waals surface area contributed by atoms with Crippen LogP contribution >= 0.6 is 0 Å². The SMILES string of the molecule is O=C(CCc1ncc(-c2ccccc2F)o1)Nc1ccncc1. The van der Waals surface area contributed by atoms with Gasteiger partial charge in [0.1, 0.15) is 5.82 Å². The van der Waals surface area contributed by atoms with Gasteiger partial charge in [0, 0.05) is 30.9 Å². The molecule has 0 bridgehead atoms. The van der Waals surface area contributed by atoms with Gasteiger partial charge in [-0.3, -0.25) is 9.78 Å². The van der Waals surface area contributed by atoms with E-state index < -0.39 is 0 Å². The summed E-state index contributed by atoms with van der Waals surface area (Å²) < 4.78 is 19.2. The molecule has 3 rings (SSSR count). The van der Waals surface area contributed by atoms with E-state index in [1.165, 1.54) is 12.3 Å². The van der Waals surface area contributed by atoms with Gasteiger partial charge >= 0.3 is 0 Å². The van der Waals surface area contributed by atoms with Gasteiger partial charge in [0.25, 0.3) is 0 Å². The monoisotopic (exact) mass is 311 g/mol. The lowest BCUT2D eigenvalue weighted by Crippen LogP contribution is -2.12. The van der Waals surface area contributed by atoms with Crippen LogP contribution < -0.4 is 5.32 Å². The summed E-state index contributed by atoms with van der Waals surface area (Å²) in [6.07, 6.45) is 5.23. The highest BCUT2D eigenvalue weighted by atomic mass is 19.1. The Morgan fingerprint density at radius 2 is 1.96 bits per heavy atom. The van der Waals surface area contributed by atoms with Crippen LogP contribution in [0, 0.1) is 5.82 Å². The smallest absolute Gasteiger partial charge is 0.224 e. The zero-order valence-corrected chi connectivity index (χ0v) is 12.2. The molecule has 0 unspecified atom stereocenters. The number of anilines is 1. The Bertz CT molecular complexity index is 802. The lowest BCUT2D eigenvalue weighted by molar-refractivity contribution is -0.116. The average Bonchev–Trinajstić information content (AvgIpc) is 3.03. The van der Waals surface area contributed by atoms with Crippen molar-refractivity contribution >= 4 is 11.6 Å². The number of rotatable bonds is 5. The number of nitrogens with one attached hydrogen (secondary N) is 1. The molecule has 23 heavy (non-hydrogen) atoms. The molecule has 0 saturated carbocycles. The molecular formula is C17H14FN3O2. The Morgan fingerprint density at radius 1 is 1.17 bits per heavy atom. The van der Waals surface area contributed by atoms with Crippen molar-refractivity contribution in [2.45, 2.75) is 12.8 Å². The second kappa shape index (κ2) is 6.83. The van der Waals surface area contributed by atoms with E-state index in [1.54, 1.807) is 42.7 Å². The molecule has 0 aliphatic rings. The maximum Gasteiger partial charge on any atom is 0.224 e. The van der Waals surface area contributed by atoms with E-state index in [2.05, 4.69) is 15.3 Å². The van der Waals surface area contributed by atoms with Crippen molar-refractivity contribution in [1.29, 1.82) is 0 Å². The van der Waals surface area contributed by atoms with Crippen LogP contribution in [-0.4, -0.2) is 15.9 Å². The molecule has 0 fully saturated rings. The maximum atomic E-state index is 13.7. The van der Waals surface area contributed by atoms with Crippen LogP contribution in [0.3, 0.4) is 0 Å². The summed E-state index contributed by atoms with van der Waals surface area (Å²) in [5.74, 6) is 0.230. The average molecular weight is 311 g/mol. The van der Waals surface area contributed by atoms with E-state index in [-0.39, 0.29) is 18.1 Å². The van der Waals surface area contributed by atoms with Gasteiger partial charge in [0.15, 0.2) is 11.7 Å². The molecule has 1 amide bonds. The minimum Gasteiger partial charge on any atom is -0.441 e. The number of carbonyl (C=O) groups is 1. The maximum absolute atomic E-state index is 13.7. The number of aromatic nitrogens is 2. The van der Waals surface area contributed by atoms with Crippen molar-refractivity contribution in [2.24, 2.45) is 0 Å². The zero-order valence-electron chi connectivity index (χ0n) is 12.2. The molecule has 0 saturated heterocycles. The third kappa shape index (κ3) is 3.79. The minimum atomic E-state index is -0.370. The predicted molar refractivity (Wildman–Crippen MR) is 83.1 cm³/mol. The number of amides is 1. The number of benzene rings is 1. The molecular weight excluding hydrogens is 297 g/mol. The van der Waals surface area contributed by atoms with Crippen LogP contribution in [0.15, 0.2) is 59.4 Å². The summed E-state index contributed by atoms with van der Waals surface area (Å²) in [5, 5.41) is 2.75. The van der Waals surface area contributed by atoms with Gasteiger partial charge in [-0.25, -0.2) is 9.37 Å². The quantitative estimate of drug-likeness (QED) is 0.783. The standard InChI is InChI=1S/C17H14FN3O2/c18-14-4-2-1-3-13(14)15-11-20-17(23-15)6-5-16(22)21-12-7-9-19-10-8-12/h1-4,7-11H,5-6H2,(H,19,21,22). The largest absolute Gasteiger partial charge is 0.441 e. The third-order valence-electron chi connectivity index (χ3n) is 3.22. The summed E-state index contributed by atoms with van der Waals surface area (Å²) in [7, 11) is 0. The van der Waals surface area contributed by atoms with E-state index in [4.69, 9.17) is 4.42 Å². The Balaban J connectivity index is 1.59. The molecule has 0 aliphatic heterocycles. The molecule has 1 N–H and O–H groups in total. The Hall–Kier alpha value is -3.02. The molecule has 1 aromatic carbocycles. The topological polar surface area (TPSA) is 68.0 Å². The summed E-state index contributed by atoms with van der Waals surface area (Å²) in [5.41, 5.74) is 1.04. The van der Waals surface area contributed by atoms with Gasteiger partial charge in [0.2, 0.25) is 5.91 Å². The van der Waals surface area contributed by atoms with Crippen molar-refractivity contribution in [3.05, 3.63) is 66.7 Å². The molecule has 0 aliphatic carbocycles. The van der Waals surface area contributed by atoms with Crippen LogP contribution in [0.2, 0.25) is 0 Å². The lowest BCUT2D eigenvalue weighted by Gasteiger charge is -2.03. The molecule has 5 nitrogen and oxygen atoms in total. The summed E-state index contributed by atoms with van der Waals surface area (Å²) in [6, 6.07) is 9.73. The number of carbonyl (C=O) groups excluding carboxylic acids is 1. The van der Waals surface area contributed by atoms with Crippen LogP contribution in [-0.2, 0) is 11.2 Å². The van der Waals surface area contributed by atoms with E-state index in [9.17, 15) is 9.18 Å². The van der Waals surface area contributed by atoms with Crippen LogP contribution in [0.25, 0.3) is 11.3 Å². The van der Waals surface area contributed by atoms with Crippen molar-refractivity contribution in [3.8, 4) is 11.3 Å². The zero-order chi connectivity index (χ0) is 16.1. The third-order valence-corrected chi connectivity index (χ3v) is 3.22. The second-order valence-electron chi connectivity index (χ2n) is 4.88. The van der Waals surface area contributed by atoms with Gasteiger partial charge < -0.3 is 9.73 Å². The minimum absolute atomic E-state index is 0.151. The van der Waals surface area contributed by atoms with E-state index in [0.717, 1.165) is 0 Å². The molecule has 0 radical (unpaired) electrons. The molecule has 0 atom stereocenters. The first kappa shape index (κ1) is 14.9. The highest BCUT2D eigenvalue weighted by Gasteiger charge is 2.11.